The van der Waals surface area contributed by atoms with Crippen LogP contribution in [-0.4, -0.2) is 42.5 Å². The van der Waals surface area contributed by atoms with Gasteiger partial charge in [0.2, 0.25) is 0 Å². The van der Waals surface area contributed by atoms with Gasteiger partial charge in [0.1, 0.15) is 5.01 Å². The summed E-state index contributed by atoms with van der Waals surface area (Å²) < 4.78 is 42.7. The van der Waals surface area contributed by atoms with Crippen LogP contribution in [0.25, 0.3) is 0 Å². The highest BCUT2D eigenvalue weighted by molar-refractivity contribution is 9.10. The molecule has 1 fully saturated rings. The Bertz CT molecular complexity index is 1270. The number of carbonyl (C=O) groups is 1. The van der Waals surface area contributed by atoms with E-state index in [1.54, 1.807) is 19.1 Å². The topological polar surface area (TPSA) is 67.3 Å². The molecule has 0 bridgehead atoms. The Morgan fingerprint density at radius 2 is 2.03 bits per heavy atom. The van der Waals surface area contributed by atoms with Crippen molar-refractivity contribution in [1.82, 2.24) is 9.88 Å². The predicted molar refractivity (Wildman–Crippen MR) is 128 cm³/mol. The molecule has 1 aliphatic heterocycles. The lowest BCUT2D eigenvalue weighted by atomic mass is 10.1. The predicted octanol–water partition coefficient (Wildman–Crippen LogP) is 5.23. The van der Waals surface area contributed by atoms with Gasteiger partial charge in [-0.05, 0) is 46.6 Å². The van der Waals surface area contributed by atoms with Gasteiger partial charge in [0.25, 0.3) is 10.9 Å². The molecule has 0 spiro atoms. The number of nitrogens with zero attached hydrogens (tertiary/aromatic N) is 2. The monoisotopic (exact) mass is 556 g/mol. The van der Waals surface area contributed by atoms with Gasteiger partial charge in [-0.25, -0.2) is 17.8 Å². The SMILES string of the molecule is C[C@@H]1CS(=O)(=O)[C@@](F)(c2ncc(Cc3ccccc3)s2)CN1C(=O)c1ccc(Br)c(Cl)c1. The molecule has 4 rings (SSSR count). The summed E-state index contributed by atoms with van der Waals surface area (Å²) in [6, 6.07) is 13.6. The van der Waals surface area contributed by atoms with Crippen molar-refractivity contribution in [1.29, 1.82) is 0 Å². The van der Waals surface area contributed by atoms with Gasteiger partial charge in [0.15, 0.2) is 9.84 Å². The van der Waals surface area contributed by atoms with Crippen molar-refractivity contribution in [2.24, 2.45) is 0 Å². The van der Waals surface area contributed by atoms with Crippen LogP contribution < -0.4 is 0 Å². The zero-order valence-corrected chi connectivity index (χ0v) is 20.9. The Morgan fingerprint density at radius 1 is 1.31 bits per heavy atom. The first-order chi connectivity index (χ1) is 15.1. The summed E-state index contributed by atoms with van der Waals surface area (Å²) in [5, 5.41) is -2.58. The third-order valence-electron chi connectivity index (χ3n) is 5.38. The van der Waals surface area contributed by atoms with E-state index < -0.39 is 39.1 Å². The molecule has 1 aliphatic rings. The van der Waals surface area contributed by atoms with E-state index in [9.17, 15) is 13.2 Å². The average molecular weight is 558 g/mol. The van der Waals surface area contributed by atoms with Crippen molar-refractivity contribution in [3.05, 3.63) is 85.2 Å². The zero-order chi connectivity index (χ0) is 23.1. The summed E-state index contributed by atoms with van der Waals surface area (Å²) in [6.07, 6.45) is 2.02. The maximum absolute atomic E-state index is 16.2. The normalized spacial score (nSPS) is 22.6. The third-order valence-corrected chi connectivity index (χ3v) is 10.1. The Labute approximate surface area is 203 Å². The summed E-state index contributed by atoms with van der Waals surface area (Å²) >= 11 is 10.4. The van der Waals surface area contributed by atoms with Crippen LogP contribution in [0, 0.1) is 0 Å². The summed E-state index contributed by atoms with van der Waals surface area (Å²) in [5.41, 5.74) is 1.27. The molecule has 2 heterocycles. The molecule has 2 atom stereocenters. The number of hydrogen-bond donors (Lipinski definition) is 0. The number of rotatable bonds is 4. The molecule has 0 radical (unpaired) electrons. The minimum Gasteiger partial charge on any atom is -0.330 e. The van der Waals surface area contributed by atoms with Gasteiger partial charge in [-0.3, -0.25) is 4.79 Å². The molecule has 1 aromatic heterocycles. The average Bonchev–Trinajstić information content (AvgIpc) is 3.22. The number of benzene rings is 2. The minimum absolute atomic E-state index is 0.151. The second kappa shape index (κ2) is 8.85. The maximum atomic E-state index is 16.2. The molecule has 32 heavy (non-hydrogen) atoms. The highest BCUT2D eigenvalue weighted by atomic mass is 79.9. The number of alkyl halides is 1. The number of hydrogen-bond acceptors (Lipinski definition) is 5. The van der Waals surface area contributed by atoms with Gasteiger partial charge in [-0.2, -0.15) is 0 Å². The van der Waals surface area contributed by atoms with Crippen LogP contribution in [0.3, 0.4) is 0 Å². The van der Waals surface area contributed by atoms with Crippen molar-refractivity contribution < 1.29 is 17.6 Å². The molecule has 0 N–H and O–H groups in total. The number of thiazole rings is 1. The lowest BCUT2D eigenvalue weighted by Crippen LogP contribution is -2.57. The van der Waals surface area contributed by atoms with Crippen molar-refractivity contribution in [2.45, 2.75) is 24.4 Å². The minimum atomic E-state index is -4.19. The van der Waals surface area contributed by atoms with Crippen molar-refractivity contribution in [3.8, 4) is 0 Å². The molecule has 0 saturated carbocycles. The fraction of sp³-hybridized carbons (Fsp3) is 0.273. The van der Waals surface area contributed by atoms with Gasteiger partial charge in [0, 0.05) is 33.6 Å². The van der Waals surface area contributed by atoms with Crippen LogP contribution in [0.15, 0.2) is 59.2 Å². The lowest BCUT2D eigenvalue weighted by molar-refractivity contribution is 0.0576. The molecule has 0 aliphatic carbocycles. The molecule has 0 unspecified atom stereocenters. The van der Waals surface area contributed by atoms with E-state index >= 15 is 4.39 Å². The second-order valence-electron chi connectivity index (χ2n) is 7.71. The van der Waals surface area contributed by atoms with E-state index in [1.807, 2.05) is 30.3 Å². The van der Waals surface area contributed by atoms with Gasteiger partial charge in [0.05, 0.1) is 17.3 Å². The molecule has 168 valence electrons. The number of carbonyl (C=O) groups excluding carboxylic acids is 1. The zero-order valence-electron chi connectivity index (χ0n) is 17.0. The Balaban J connectivity index is 1.65. The van der Waals surface area contributed by atoms with Crippen LogP contribution in [0.2, 0.25) is 5.02 Å². The number of sulfone groups is 1. The third kappa shape index (κ3) is 4.35. The highest BCUT2D eigenvalue weighted by Gasteiger charge is 2.55. The Kier molecular flexibility index (Phi) is 6.46. The van der Waals surface area contributed by atoms with Crippen molar-refractivity contribution >= 4 is 54.6 Å². The molecular weight excluding hydrogens is 539 g/mol. The van der Waals surface area contributed by atoms with Crippen LogP contribution in [-0.2, 0) is 21.3 Å². The van der Waals surface area contributed by atoms with Crippen LogP contribution in [0.5, 0.6) is 0 Å². The molecule has 2 aromatic carbocycles. The van der Waals surface area contributed by atoms with E-state index in [-0.39, 0.29) is 10.6 Å². The van der Waals surface area contributed by atoms with Crippen molar-refractivity contribution in [2.75, 3.05) is 12.3 Å². The number of aromatic nitrogens is 1. The largest absolute Gasteiger partial charge is 0.330 e. The molecular formula is C22H19BrClFN2O3S2. The quantitative estimate of drug-likeness (QED) is 0.441. The van der Waals surface area contributed by atoms with Gasteiger partial charge < -0.3 is 4.90 Å². The fourth-order valence-corrected chi connectivity index (χ4v) is 7.22. The first kappa shape index (κ1) is 23.4. The van der Waals surface area contributed by atoms with Gasteiger partial charge in [-0.1, -0.05) is 41.9 Å². The van der Waals surface area contributed by atoms with Gasteiger partial charge >= 0.3 is 0 Å². The number of amides is 1. The smallest absolute Gasteiger partial charge is 0.278 e. The van der Waals surface area contributed by atoms with Crippen molar-refractivity contribution in [3.63, 3.8) is 0 Å². The van der Waals surface area contributed by atoms with E-state index in [4.69, 9.17) is 11.6 Å². The Morgan fingerprint density at radius 3 is 2.72 bits per heavy atom. The number of halogens is 3. The van der Waals surface area contributed by atoms with E-state index in [0.29, 0.717) is 15.9 Å². The standard InChI is InChI=1S/C22H19BrClFN2O3S2/c1-14-12-32(29,30)22(25,13-27(14)20(28)16-7-8-18(23)19(24)10-16)21-26-11-17(31-21)9-15-5-3-2-4-6-15/h2-8,10-11,14H,9,12-13H2,1H3/t14-,22-/m1/s1. The Hall–Kier alpha value is -1.81. The second-order valence-corrected chi connectivity index (χ2v) is 12.3. The molecule has 1 saturated heterocycles. The van der Waals surface area contributed by atoms with Crippen LogP contribution in [0.1, 0.15) is 32.7 Å². The maximum Gasteiger partial charge on any atom is 0.278 e. The fourth-order valence-electron chi connectivity index (χ4n) is 3.64. The summed E-state index contributed by atoms with van der Waals surface area (Å²) in [4.78, 5) is 19.2. The summed E-state index contributed by atoms with van der Waals surface area (Å²) in [6.45, 7) is 0.972. The molecule has 5 nitrogen and oxygen atoms in total. The van der Waals surface area contributed by atoms with E-state index in [1.165, 1.54) is 17.2 Å². The van der Waals surface area contributed by atoms with Crippen LogP contribution >= 0.6 is 38.9 Å². The van der Waals surface area contributed by atoms with Gasteiger partial charge in [-0.15, -0.1) is 11.3 Å². The van der Waals surface area contributed by atoms with E-state index in [2.05, 4.69) is 20.9 Å². The highest BCUT2D eigenvalue weighted by Crippen LogP contribution is 2.41. The molecule has 1 amide bonds. The first-order valence-electron chi connectivity index (χ1n) is 9.77. The summed E-state index contributed by atoms with van der Waals surface area (Å²) in [5.74, 6) is -0.975. The molecule has 10 heteroatoms. The lowest BCUT2D eigenvalue weighted by Gasteiger charge is -2.40. The molecule has 3 aromatic rings. The first-order valence-corrected chi connectivity index (χ1v) is 13.4. The van der Waals surface area contributed by atoms with E-state index in [0.717, 1.165) is 21.8 Å². The summed E-state index contributed by atoms with van der Waals surface area (Å²) in [7, 11) is -4.19. The van der Waals surface area contributed by atoms with Crippen LogP contribution in [0.4, 0.5) is 4.39 Å².